The number of ether oxygens (including phenoxy) is 1. The number of rotatable bonds is 7. The lowest BCUT2D eigenvalue weighted by atomic mass is 10.1. The molecule has 0 aliphatic rings. The first-order valence-corrected chi connectivity index (χ1v) is 9.72. The van der Waals surface area contributed by atoms with Crippen molar-refractivity contribution < 1.29 is 13.9 Å². The minimum Gasteiger partial charge on any atom is -0.489 e. The number of amides is 1. The molecule has 154 valence electrons. The third-order valence-electron chi connectivity index (χ3n) is 4.61. The molecule has 1 aromatic heterocycles. The molecule has 3 aromatic carbocycles. The Labute approximate surface area is 179 Å². The standard InChI is InChI=1S/C25H20FN3O2/c26-21-11-7-20(8-12-21)18-31-22-13-9-19(10-14-22)17-27-28-25(30)23-5-1-2-6-24(23)29-15-3-4-16-29/h1-17H,18H2,(H,28,30)/b27-17-. The maximum Gasteiger partial charge on any atom is 0.273 e. The molecule has 6 heteroatoms. The molecule has 0 spiro atoms. The number of hydrazone groups is 1. The number of hydrogen-bond donors (Lipinski definition) is 1. The lowest BCUT2D eigenvalue weighted by molar-refractivity contribution is 0.0955. The van der Waals surface area contributed by atoms with Gasteiger partial charge in [-0.3, -0.25) is 4.79 Å². The topological polar surface area (TPSA) is 55.6 Å². The van der Waals surface area contributed by atoms with Gasteiger partial charge in [0.2, 0.25) is 0 Å². The van der Waals surface area contributed by atoms with E-state index in [-0.39, 0.29) is 11.7 Å². The molecular formula is C25H20FN3O2. The number of carbonyl (C=O) groups is 1. The summed E-state index contributed by atoms with van der Waals surface area (Å²) in [6.45, 7) is 0.352. The number of hydrogen-bond acceptors (Lipinski definition) is 3. The minimum absolute atomic E-state index is 0.271. The fraction of sp³-hybridized carbons (Fsp3) is 0.0400. The zero-order chi connectivity index (χ0) is 21.5. The molecule has 31 heavy (non-hydrogen) atoms. The van der Waals surface area contributed by atoms with Crippen molar-refractivity contribution in [3.63, 3.8) is 0 Å². The fourth-order valence-electron chi connectivity index (χ4n) is 3.01. The summed E-state index contributed by atoms with van der Waals surface area (Å²) in [6, 6.07) is 24.6. The van der Waals surface area contributed by atoms with Crippen molar-refractivity contribution in [3.8, 4) is 11.4 Å². The summed E-state index contributed by atoms with van der Waals surface area (Å²) in [5.74, 6) is 0.124. The van der Waals surface area contributed by atoms with Gasteiger partial charge in [-0.25, -0.2) is 9.82 Å². The number of para-hydroxylation sites is 1. The van der Waals surface area contributed by atoms with Crippen molar-refractivity contribution in [2.45, 2.75) is 6.61 Å². The van der Waals surface area contributed by atoms with Crippen LogP contribution in [0.1, 0.15) is 21.5 Å². The van der Waals surface area contributed by atoms with Gasteiger partial charge >= 0.3 is 0 Å². The van der Waals surface area contributed by atoms with Crippen LogP contribution in [-0.2, 0) is 6.61 Å². The van der Waals surface area contributed by atoms with Crippen LogP contribution in [0.5, 0.6) is 5.75 Å². The van der Waals surface area contributed by atoms with Crippen LogP contribution in [0.15, 0.2) is 102 Å². The molecule has 1 heterocycles. The Bertz CT molecular complexity index is 1170. The third kappa shape index (κ3) is 5.25. The molecule has 0 atom stereocenters. The largest absolute Gasteiger partial charge is 0.489 e. The van der Waals surface area contributed by atoms with Gasteiger partial charge in [0.05, 0.1) is 17.5 Å². The van der Waals surface area contributed by atoms with E-state index in [9.17, 15) is 9.18 Å². The Hall–Kier alpha value is -4.19. The molecule has 4 aromatic rings. The Morgan fingerprint density at radius 2 is 1.65 bits per heavy atom. The Morgan fingerprint density at radius 1 is 0.935 bits per heavy atom. The molecular weight excluding hydrogens is 393 g/mol. The van der Waals surface area contributed by atoms with Crippen molar-refractivity contribution >= 4 is 12.1 Å². The van der Waals surface area contributed by atoms with Crippen LogP contribution < -0.4 is 10.2 Å². The summed E-state index contributed by atoms with van der Waals surface area (Å²) in [7, 11) is 0. The molecule has 0 aliphatic heterocycles. The second-order valence-corrected chi connectivity index (χ2v) is 6.79. The van der Waals surface area contributed by atoms with Gasteiger partial charge in [-0.15, -0.1) is 0 Å². The van der Waals surface area contributed by atoms with Gasteiger partial charge in [0, 0.05) is 12.4 Å². The maximum absolute atomic E-state index is 12.9. The fourth-order valence-corrected chi connectivity index (χ4v) is 3.01. The summed E-state index contributed by atoms with van der Waals surface area (Å²) >= 11 is 0. The summed E-state index contributed by atoms with van der Waals surface area (Å²) < 4.78 is 20.5. The van der Waals surface area contributed by atoms with Crippen molar-refractivity contribution in [1.29, 1.82) is 0 Å². The van der Waals surface area contributed by atoms with Crippen LogP contribution in [0.2, 0.25) is 0 Å². The number of benzene rings is 3. The molecule has 0 saturated heterocycles. The van der Waals surface area contributed by atoms with E-state index in [1.807, 2.05) is 71.6 Å². The zero-order valence-corrected chi connectivity index (χ0v) is 16.6. The van der Waals surface area contributed by atoms with Crippen LogP contribution in [0.3, 0.4) is 0 Å². The van der Waals surface area contributed by atoms with E-state index in [1.165, 1.54) is 12.1 Å². The van der Waals surface area contributed by atoms with Crippen LogP contribution in [0.4, 0.5) is 4.39 Å². The van der Waals surface area contributed by atoms with Gasteiger partial charge < -0.3 is 9.30 Å². The Morgan fingerprint density at radius 3 is 2.39 bits per heavy atom. The third-order valence-corrected chi connectivity index (χ3v) is 4.61. The summed E-state index contributed by atoms with van der Waals surface area (Å²) in [5.41, 5.74) is 5.58. The van der Waals surface area contributed by atoms with E-state index >= 15 is 0 Å². The first-order valence-electron chi connectivity index (χ1n) is 9.72. The number of nitrogens with one attached hydrogen (secondary N) is 1. The van der Waals surface area contributed by atoms with Crippen LogP contribution >= 0.6 is 0 Å². The highest BCUT2D eigenvalue weighted by Crippen LogP contribution is 2.15. The van der Waals surface area contributed by atoms with E-state index < -0.39 is 0 Å². The molecule has 0 bridgehead atoms. The Kier molecular flexibility index (Phi) is 6.18. The molecule has 0 radical (unpaired) electrons. The minimum atomic E-state index is -0.292. The average molecular weight is 413 g/mol. The molecule has 0 unspecified atom stereocenters. The average Bonchev–Trinajstić information content (AvgIpc) is 3.34. The van der Waals surface area contributed by atoms with Crippen molar-refractivity contribution in [1.82, 2.24) is 9.99 Å². The normalized spacial score (nSPS) is 10.9. The molecule has 0 fully saturated rings. The lowest BCUT2D eigenvalue weighted by Gasteiger charge is -2.09. The number of halogens is 1. The number of aromatic nitrogens is 1. The number of carbonyl (C=O) groups excluding carboxylic acids is 1. The van der Waals surface area contributed by atoms with Gasteiger partial charge in [0.1, 0.15) is 18.2 Å². The number of nitrogens with zero attached hydrogens (tertiary/aromatic N) is 2. The monoisotopic (exact) mass is 413 g/mol. The van der Waals surface area contributed by atoms with Crippen molar-refractivity contribution in [3.05, 3.63) is 120 Å². The highest BCUT2D eigenvalue weighted by Gasteiger charge is 2.10. The van der Waals surface area contributed by atoms with Crippen LogP contribution in [0.25, 0.3) is 5.69 Å². The van der Waals surface area contributed by atoms with Gasteiger partial charge in [0.15, 0.2) is 0 Å². The van der Waals surface area contributed by atoms with Crippen LogP contribution in [0, 0.1) is 5.82 Å². The highest BCUT2D eigenvalue weighted by molar-refractivity contribution is 5.98. The van der Waals surface area contributed by atoms with E-state index in [0.29, 0.717) is 17.9 Å². The van der Waals surface area contributed by atoms with Crippen molar-refractivity contribution in [2.24, 2.45) is 5.10 Å². The van der Waals surface area contributed by atoms with Gasteiger partial charge in [-0.1, -0.05) is 24.3 Å². The SMILES string of the molecule is O=C(N/N=C\c1ccc(OCc2ccc(F)cc2)cc1)c1ccccc1-n1cccc1. The first-order chi connectivity index (χ1) is 15.2. The van der Waals surface area contributed by atoms with E-state index in [4.69, 9.17) is 4.74 Å². The highest BCUT2D eigenvalue weighted by atomic mass is 19.1. The van der Waals surface area contributed by atoms with E-state index in [1.54, 1.807) is 24.4 Å². The first kappa shape index (κ1) is 20.1. The van der Waals surface area contributed by atoms with Gasteiger partial charge in [-0.05, 0) is 71.8 Å². The predicted octanol–water partition coefficient (Wildman–Crippen LogP) is 4.96. The second kappa shape index (κ2) is 9.54. The van der Waals surface area contributed by atoms with Crippen molar-refractivity contribution in [2.75, 3.05) is 0 Å². The predicted molar refractivity (Wildman–Crippen MR) is 118 cm³/mol. The molecule has 0 aliphatic carbocycles. The van der Waals surface area contributed by atoms with Gasteiger partial charge in [-0.2, -0.15) is 5.10 Å². The Balaban J connectivity index is 1.34. The molecule has 4 rings (SSSR count). The van der Waals surface area contributed by atoms with E-state index in [2.05, 4.69) is 10.5 Å². The lowest BCUT2D eigenvalue weighted by Crippen LogP contribution is -2.19. The quantitative estimate of drug-likeness (QED) is 0.344. The maximum atomic E-state index is 12.9. The summed E-state index contributed by atoms with van der Waals surface area (Å²) in [6.07, 6.45) is 5.34. The summed E-state index contributed by atoms with van der Waals surface area (Å²) in [4.78, 5) is 12.6. The molecule has 1 N–H and O–H groups in total. The molecule has 5 nitrogen and oxygen atoms in total. The van der Waals surface area contributed by atoms with E-state index in [0.717, 1.165) is 16.8 Å². The zero-order valence-electron chi connectivity index (χ0n) is 16.6. The summed E-state index contributed by atoms with van der Waals surface area (Å²) in [5, 5.41) is 4.06. The van der Waals surface area contributed by atoms with Gasteiger partial charge in [0.25, 0.3) is 5.91 Å². The molecule has 0 saturated carbocycles. The smallest absolute Gasteiger partial charge is 0.273 e. The molecule has 1 amide bonds. The second-order valence-electron chi connectivity index (χ2n) is 6.79. The van der Waals surface area contributed by atoms with Crippen LogP contribution in [-0.4, -0.2) is 16.7 Å².